The maximum absolute atomic E-state index is 11.8. The largest absolute Gasteiger partial charge is 0.314 e. The molecule has 0 amide bonds. The maximum Gasteiger partial charge on any atom is 0.282 e. The summed E-state index contributed by atoms with van der Waals surface area (Å²) in [6, 6.07) is 0. The molecular formula is C7H15N3O2S. The Morgan fingerprint density at radius 3 is 1.92 bits per heavy atom. The number of rotatable bonds is 2. The van der Waals surface area contributed by atoms with Gasteiger partial charge in [0, 0.05) is 39.3 Å². The first-order chi connectivity index (χ1) is 6.21. The van der Waals surface area contributed by atoms with E-state index in [1.54, 1.807) is 8.61 Å². The highest BCUT2D eigenvalue weighted by atomic mass is 32.2. The van der Waals surface area contributed by atoms with Crippen molar-refractivity contribution in [2.45, 2.75) is 6.42 Å². The van der Waals surface area contributed by atoms with Crippen molar-refractivity contribution in [2.75, 3.05) is 39.3 Å². The number of hydrogen-bond donors (Lipinski definition) is 1. The van der Waals surface area contributed by atoms with E-state index in [0.717, 1.165) is 19.5 Å². The van der Waals surface area contributed by atoms with E-state index in [1.165, 1.54) is 0 Å². The zero-order valence-corrected chi connectivity index (χ0v) is 8.39. The third kappa shape index (κ3) is 1.71. The van der Waals surface area contributed by atoms with Gasteiger partial charge in [-0.1, -0.05) is 0 Å². The highest BCUT2D eigenvalue weighted by Gasteiger charge is 2.33. The Morgan fingerprint density at radius 1 is 0.923 bits per heavy atom. The van der Waals surface area contributed by atoms with Crippen molar-refractivity contribution in [3.63, 3.8) is 0 Å². The average molecular weight is 205 g/mol. The number of nitrogens with one attached hydrogen (secondary N) is 1. The van der Waals surface area contributed by atoms with Crippen LogP contribution in [0.1, 0.15) is 6.42 Å². The van der Waals surface area contributed by atoms with Gasteiger partial charge in [-0.05, 0) is 6.42 Å². The van der Waals surface area contributed by atoms with Crippen LogP contribution in [-0.2, 0) is 10.2 Å². The van der Waals surface area contributed by atoms with Crippen molar-refractivity contribution in [3.05, 3.63) is 0 Å². The first-order valence-corrected chi connectivity index (χ1v) is 6.07. The van der Waals surface area contributed by atoms with Crippen LogP contribution in [0.25, 0.3) is 0 Å². The number of hydrogen-bond acceptors (Lipinski definition) is 3. The van der Waals surface area contributed by atoms with Gasteiger partial charge in [0.05, 0.1) is 0 Å². The molecule has 0 radical (unpaired) electrons. The van der Waals surface area contributed by atoms with Crippen LogP contribution in [0.15, 0.2) is 0 Å². The molecule has 0 aromatic carbocycles. The Kier molecular flexibility index (Phi) is 2.55. The molecule has 0 unspecified atom stereocenters. The molecule has 13 heavy (non-hydrogen) atoms. The molecule has 76 valence electrons. The van der Waals surface area contributed by atoms with Crippen LogP contribution in [0.4, 0.5) is 0 Å². The van der Waals surface area contributed by atoms with Crippen molar-refractivity contribution in [1.29, 1.82) is 0 Å². The van der Waals surface area contributed by atoms with Gasteiger partial charge in [-0.3, -0.25) is 0 Å². The second-order valence-electron chi connectivity index (χ2n) is 3.41. The van der Waals surface area contributed by atoms with Gasteiger partial charge in [0.2, 0.25) is 0 Å². The van der Waals surface area contributed by atoms with Crippen LogP contribution in [0.2, 0.25) is 0 Å². The van der Waals surface area contributed by atoms with Gasteiger partial charge >= 0.3 is 0 Å². The second-order valence-corrected chi connectivity index (χ2v) is 5.34. The average Bonchev–Trinajstić information content (AvgIpc) is 2.02. The van der Waals surface area contributed by atoms with Gasteiger partial charge in [-0.25, -0.2) is 0 Å². The predicted octanol–water partition coefficient (Wildman–Crippen LogP) is -1.16. The van der Waals surface area contributed by atoms with Crippen LogP contribution in [-0.4, -0.2) is 56.3 Å². The summed E-state index contributed by atoms with van der Waals surface area (Å²) in [4.78, 5) is 0. The lowest BCUT2D eigenvalue weighted by Crippen LogP contribution is -2.55. The second kappa shape index (κ2) is 3.53. The summed E-state index contributed by atoms with van der Waals surface area (Å²) in [5, 5.41) is 3.14. The molecule has 0 aromatic heterocycles. The summed E-state index contributed by atoms with van der Waals surface area (Å²) >= 11 is 0. The quantitative estimate of drug-likeness (QED) is 0.619. The highest BCUT2D eigenvalue weighted by molar-refractivity contribution is 7.86. The number of piperazine rings is 1. The predicted molar refractivity (Wildman–Crippen MR) is 49.6 cm³/mol. The van der Waals surface area contributed by atoms with Crippen LogP contribution >= 0.6 is 0 Å². The van der Waals surface area contributed by atoms with Crippen LogP contribution in [0.5, 0.6) is 0 Å². The lowest BCUT2D eigenvalue weighted by atomic mass is 10.3. The minimum Gasteiger partial charge on any atom is -0.314 e. The molecule has 2 fully saturated rings. The molecule has 2 aliphatic heterocycles. The Bertz CT molecular complexity index is 267. The fourth-order valence-electron chi connectivity index (χ4n) is 1.56. The van der Waals surface area contributed by atoms with Gasteiger partial charge < -0.3 is 5.32 Å². The molecular weight excluding hydrogens is 190 g/mol. The van der Waals surface area contributed by atoms with E-state index in [0.29, 0.717) is 26.2 Å². The summed E-state index contributed by atoms with van der Waals surface area (Å²) in [7, 11) is -3.10. The van der Waals surface area contributed by atoms with E-state index in [9.17, 15) is 8.42 Å². The van der Waals surface area contributed by atoms with Gasteiger partial charge in [0.1, 0.15) is 0 Å². The fourth-order valence-corrected chi connectivity index (χ4v) is 3.25. The molecule has 0 aliphatic carbocycles. The lowest BCUT2D eigenvalue weighted by molar-refractivity contribution is 0.262. The zero-order chi connectivity index (χ0) is 9.31. The topological polar surface area (TPSA) is 52.7 Å². The standard InChI is InChI=1S/C7H15N3O2S/c11-13(12,9-4-1-5-9)10-6-2-8-3-7-10/h8H,1-7H2. The van der Waals surface area contributed by atoms with Crippen molar-refractivity contribution >= 4 is 10.2 Å². The van der Waals surface area contributed by atoms with E-state index < -0.39 is 10.2 Å². The minimum atomic E-state index is -3.10. The van der Waals surface area contributed by atoms with Crippen molar-refractivity contribution < 1.29 is 8.42 Å². The molecule has 1 N–H and O–H groups in total. The Balaban J connectivity index is 2.03. The zero-order valence-electron chi connectivity index (χ0n) is 7.57. The SMILES string of the molecule is O=S(=O)(N1CCC1)N1CCNCC1. The maximum atomic E-state index is 11.8. The number of nitrogens with zero attached hydrogens (tertiary/aromatic N) is 2. The molecule has 2 saturated heterocycles. The van der Waals surface area contributed by atoms with Crippen molar-refractivity contribution in [1.82, 2.24) is 13.9 Å². The molecule has 2 aliphatic rings. The summed E-state index contributed by atoms with van der Waals surface area (Å²) in [5.41, 5.74) is 0. The Labute approximate surface area is 78.9 Å². The molecule has 5 nitrogen and oxygen atoms in total. The minimum absolute atomic E-state index is 0.610. The molecule has 0 saturated carbocycles. The van der Waals surface area contributed by atoms with E-state index >= 15 is 0 Å². The monoisotopic (exact) mass is 205 g/mol. The van der Waals surface area contributed by atoms with Crippen LogP contribution in [0.3, 0.4) is 0 Å². The molecule has 0 atom stereocenters. The summed E-state index contributed by atoms with van der Waals surface area (Å²) in [6.07, 6.45) is 1.01. The lowest BCUT2D eigenvalue weighted by Gasteiger charge is -2.36. The molecule has 2 heterocycles. The normalized spacial score (nSPS) is 27.1. The van der Waals surface area contributed by atoms with Crippen molar-refractivity contribution in [3.8, 4) is 0 Å². The third-order valence-electron chi connectivity index (χ3n) is 2.54. The van der Waals surface area contributed by atoms with Crippen LogP contribution in [0, 0.1) is 0 Å². The Hall–Kier alpha value is -0.170. The van der Waals surface area contributed by atoms with Crippen molar-refractivity contribution in [2.24, 2.45) is 0 Å². The Morgan fingerprint density at radius 2 is 1.46 bits per heavy atom. The summed E-state index contributed by atoms with van der Waals surface area (Å²) in [6.45, 7) is 4.16. The first kappa shape index (κ1) is 9.39. The molecule has 0 bridgehead atoms. The van der Waals surface area contributed by atoms with Gasteiger partial charge in [0.25, 0.3) is 10.2 Å². The fraction of sp³-hybridized carbons (Fsp3) is 1.00. The van der Waals surface area contributed by atoms with Gasteiger partial charge in [0.15, 0.2) is 0 Å². The molecule has 6 heteroatoms. The van der Waals surface area contributed by atoms with E-state index in [2.05, 4.69) is 5.32 Å². The first-order valence-electron chi connectivity index (χ1n) is 4.67. The van der Waals surface area contributed by atoms with E-state index in [1.807, 2.05) is 0 Å². The molecule has 2 rings (SSSR count). The molecule has 0 spiro atoms. The van der Waals surface area contributed by atoms with E-state index in [-0.39, 0.29) is 0 Å². The smallest absolute Gasteiger partial charge is 0.282 e. The van der Waals surface area contributed by atoms with Gasteiger partial charge in [-0.2, -0.15) is 17.0 Å². The molecule has 0 aromatic rings. The highest BCUT2D eigenvalue weighted by Crippen LogP contribution is 2.16. The summed E-state index contributed by atoms with van der Waals surface area (Å²) < 4.78 is 26.7. The van der Waals surface area contributed by atoms with Crippen LogP contribution < -0.4 is 5.32 Å². The third-order valence-corrected chi connectivity index (χ3v) is 4.58. The van der Waals surface area contributed by atoms with Gasteiger partial charge in [-0.15, -0.1) is 0 Å². The summed E-state index contributed by atoms with van der Waals surface area (Å²) in [5.74, 6) is 0. The van der Waals surface area contributed by atoms with E-state index in [4.69, 9.17) is 0 Å².